The number of amides is 1. The summed E-state index contributed by atoms with van der Waals surface area (Å²) in [7, 11) is 0. The van der Waals surface area contributed by atoms with Gasteiger partial charge in [-0.15, -0.1) is 0 Å². The molecule has 0 heterocycles. The fourth-order valence-electron chi connectivity index (χ4n) is 2.79. The largest absolute Gasteiger partial charge is 0.349 e. The summed E-state index contributed by atoms with van der Waals surface area (Å²) < 4.78 is 13.6. The van der Waals surface area contributed by atoms with Gasteiger partial charge in [0.1, 0.15) is 5.82 Å². The maximum atomic E-state index is 13.6. The molecular weight excluding hydrogens is 313 g/mol. The second-order valence-electron chi connectivity index (χ2n) is 6.05. The van der Waals surface area contributed by atoms with Crippen LogP contribution in [0.5, 0.6) is 0 Å². The maximum absolute atomic E-state index is 13.6. The Morgan fingerprint density at radius 2 is 1.48 bits per heavy atom. The Hall–Kier alpha value is -2.94. The van der Waals surface area contributed by atoms with E-state index < -0.39 is 0 Å². The first-order chi connectivity index (χ1) is 12.1. The maximum Gasteiger partial charge on any atom is 0.225 e. The van der Waals surface area contributed by atoms with Gasteiger partial charge < -0.3 is 5.32 Å². The smallest absolute Gasteiger partial charge is 0.225 e. The van der Waals surface area contributed by atoms with Crippen LogP contribution in [0, 0.1) is 5.82 Å². The van der Waals surface area contributed by atoms with E-state index in [0.717, 1.165) is 16.7 Å². The van der Waals surface area contributed by atoms with Crippen LogP contribution < -0.4 is 5.32 Å². The molecule has 126 valence electrons. The number of rotatable bonds is 5. The molecule has 0 unspecified atom stereocenters. The van der Waals surface area contributed by atoms with Crippen molar-refractivity contribution in [3.05, 3.63) is 95.8 Å². The van der Waals surface area contributed by atoms with E-state index in [1.807, 2.05) is 49.4 Å². The molecule has 0 aliphatic rings. The van der Waals surface area contributed by atoms with Gasteiger partial charge in [0.15, 0.2) is 0 Å². The van der Waals surface area contributed by atoms with E-state index in [1.54, 1.807) is 18.2 Å². The summed E-state index contributed by atoms with van der Waals surface area (Å²) in [4.78, 5) is 12.2. The molecule has 0 spiro atoms. The van der Waals surface area contributed by atoms with Crippen molar-refractivity contribution in [1.29, 1.82) is 0 Å². The fraction of sp³-hybridized carbons (Fsp3) is 0.136. The summed E-state index contributed by atoms with van der Waals surface area (Å²) in [5.74, 6) is -0.540. The summed E-state index contributed by atoms with van der Waals surface area (Å²) >= 11 is 0. The van der Waals surface area contributed by atoms with E-state index in [1.165, 1.54) is 6.07 Å². The zero-order chi connectivity index (χ0) is 17.6. The molecule has 0 aromatic heterocycles. The van der Waals surface area contributed by atoms with Crippen LogP contribution in [-0.4, -0.2) is 5.91 Å². The van der Waals surface area contributed by atoms with Crippen molar-refractivity contribution in [2.45, 2.75) is 19.4 Å². The summed E-state index contributed by atoms with van der Waals surface area (Å²) in [6.07, 6.45) is 0.0408. The first kappa shape index (κ1) is 16.9. The predicted octanol–water partition coefficient (Wildman–Crippen LogP) is 4.91. The molecule has 25 heavy (non-hydrogen) atoms. The van der Waals surface area contributed by atoms with E-state index in [-0.39, 0.29) is 24.2 Å². The minimum Gasteiger partial charge on any atom is -0.349 e. The number of benzene rings is 3. The Bertz CT molecular complexity index is 843. The van der Waals surface area contributed by atoms with Gasteiger partial charge in [0.2, 0.25) is 5.91 Å². The zero-order valence-corrected chi connectivity index (χ0v) is 14.1. The Balaban J connectivity index is 1.64. The molecule has 1 atom stereocenters. The number of hydrogen-bond donors (Lipinski definition) is 1. The summed E-state index contributed by atoms with van der Waals surface area (Å²) in [5.41, 5.74) is 3.72. The lowest BCUT2D eigenvalue weighted by atomic mass is 10.0. The lowest BCUT2D eigenvalue weighted by molar-refractivity contribution is -0.121. The van der Waals surface area contributed by atoms with Gasteiger partial charge in [-0.25, -0.2) is 4.39 Å². The van der Waals surface area contributed by atoms with Gasteiger partial charge >= 0.3 is 0 Å². The molecule has 0 saturated carbocycles. The summed E-state index contributed by atoms with van der Waals surface area (Å²) in [6.45, 7) is 1.93. The second-order valence-corrected chi connectivity index (χ2v) is 6.05. The Labute approximate surface area is 147 Å². The summed E-state index contributed by atoms with van der Waals surface area (Å²) in [5, 5.41) is 2.93. The van der Waals surface area contributed by atoms with Crippen molar-refractivity contribution < 1.29 is 9.18 Å². The molecule has 1 N–H and O–H groups in total. The lowest BCUT2D eigenvalue weighted by Crippen LogP contribution is -2.28. The van der Waals surface area contributed by atoms with Crippen LogP contribution in [0.1, 0.15) is 24.1 Å². The van der Waals surface area contributed by atoms with Gasteiger partial charge in [-0.05, 0) is 35.2 Å². The van der Waals surface area contributed by atoms with Crippen LogP contribution in [0.15, 0.2) is 78.9 Å². The van der Waals surface area contributed by atoms with Crippen LogP contribution in [0.4, 0.5) is 4.39 Å². The Morgan fingerprint density at radius 3 is 2.16 bits per heavy atom. The monoisotopic (exact) mass is 333 g/mol. The van der Waals surface area contributed by atoms with Gasteiger partial charge in [0, 0.05) is 0 Å². The standard InChI is InChI=1S/C22H20FNO/c1-16(24-22(25)15-20-9-5-6-10-21(20)23)17-11-13-19(14-12-17)18-7-3-2-4-8-18/h2-14,16H,15H2,1H3,(H,24,25)/t16-/m0/s1. The molecule has 0 fully saturated rings. The van der Waals surface area contributed by atoms with Crippen molar-refractivity contribution in [3.63, 3.8) is 0 Å². The van der Waals surface area contributed by atoms with E-state index in [9.17, 15) is 9.18 Å². The van der Waals surface area contributed by atoms with Crippen LogP contribution in [-0.2, 0) is 11.2 Å². The van der Waals surface area contributed by atoms with E-state index in [4.69, 9.17) is 0 Å². The summed E-state index contributed by atoms with van der Waals surface area (Å²) in [6, 6.07) is 24.5. The SMILES string of the molecule is C[C@H](NC(=O)Cc1ccccc1F)c1ccc(-c2ccccc2)cc1. The van der Waals surface area contributed by atoms with Crippen LogP contribution in [0.25, 0.3) is 11.1 Å². The van der Waals surface area contributed by atoms with E-state index in [2.05, 4.69) is 17.4 Å². The molecule has 0 saturated heterocycles. The molecule has 3 aromatic carbocycles. The average Bonchev–Trinajstić information content (AvgIpc) is 2.64. The third-order valence-corrected chi connectivity index (χ3v) is 4.20. The Morgan fingerprint density at radius 1 is 0.880 bits per heavy atom. The first-order valence-electron chi connectivity index (χ1n) is 8.31. The van der Waals surface area contributed by atoms with Crippen molar-refractivity contribution in [3.8, 4) is 11.1 Å². The minimum absolute atomic E-state index is 0.0408. The minimum atomic E-state index is -0.350. The molecule has 1 amide bonds. The van der Waals surface area contributed by atoms with Crippen LogP contribution in [0.2, 0.25) is 0 Å². The zero-order valence-electron chi connectivity index (χ0n) is 14.1. The lowest BCUT2D eigenvalue weighted by Gasteiger charge is -2.15. The topological polar surface area (TPSA) is 29.1 Å². The second kappa shape index (κ2) is 7.75. The highest BCUT2D eigenvalue weighted by Crippen LogP contribution is 2.21. The van der Waals surface area contributed by atoms with Crippen molar-refractivity contribution >= 4 is 5.91 Å². The molecule has 3 aromatic rings. The van der Waals surface area contributed by atoms with Crippen molar-refractivity contribution in [1.82, 2.24) is 5.32 Å². The van der Waals surface area contributed by atoms with E-state index >= 15 is 0 Å². The van der Waals surface area contributed by atoms with Crippen LogP contribution in [0.3, 0.4) is 0 Å². The molecule has 2 nitrogen and oxygen atoms in total. The number of nitrogens with one attached hydrogen (secondary N) is 1. The highest BCUT2D eigenvalue weighted by atomic mass is 19.1. The molecule has 0 aliphatic carbocycles. The molecule has 0 bridgehead atoms. The van der Waals surface area contributed by atoms with Crippen molar-refractivity contribution in [2.75, 3.05) is 0 Å². The molecule has 0 aliphatic heterocycles. The number of halogens is 1. The highest BCUT2D eigenvalue weighted by molar-refractivity contribution is 5.79. The molecule has 3 heteroatoms. The number of hydrogen-bond acceptors (Lipinski definition) is 1. The molecular formula is C22H20FNO. The van der Waals surface area contributed by atoms with Gasteiger partial charge in [0.25, 0.3) is 0 Å². The third-order valence-electron chi connectivity index (χ3n) is 4.20. The van der Waals surface area contributed by atoms with Gasteiger partial charge in [-0.2, -0.15) is 0 Å². The average molecular weight is 333 g/mol. The third kappa shape index (κ3) is 4.32. The highest BCUT2D eigenvalue weighted by Gasteiger charge is 2.12. The number of carbonyl (C=O) groups excluding carboxylic acids is 1. The molecule has 3 rings (SSSR count). The van der Waals surface area contributed by atoms with Gasteiger partial charge in [-0.3, -0.25) is 4.79 Å². The fourth-order valence-corrected chi connectivity index (χ4v) is 2.79. The van der Waals surface area contributed by atoms with Crippen molar-refractivity contribution in [2.24, 2.45) is 0 Å². The van der Waals surface area contributed by atoms with Crippen LogP contribution >= 0.6 is 0 Å². The van der Waals surface area contributed by atoms with Gasteiger partial charge in [-0.1, -0.05) is 72.8 Å². The molecule has 0 radical (unpaired) electrons. The number of carbonyl (C=O) groups is 1. The van der Waals surface area contributed by atoms with Gasteiger partial charge in [0.05, 0.1) is 12.5 Å². The Kier molecular flexibility index (Phi) is 5.24. The first-order valence-corrected chi connectivity index (χ1v) is 8.31. The van der Waals surface area contributed by atoms with E-state index in [0.29, 0.717) is 5.56 Å². The predicted molar refractivity (Wildman–Crippen MR) is 98.5 cm³/mol. The normalized spacial score (nSPS) is 11.8. The quantitative estimate of drug-likeness (QED) is 0.706.